The van der Waals surface area contributed by atoms with Crippen LogP contribution in [0.1, 0.15) is 12.5 Å². The van der Waals surface area contributed by atoms with Gasteiger partial charge >= 0.3 is 0 Å². The molecule has 1 aromatic rings. The number of rotatable bonds is 4. The zero-order valence-corrected chi connectivity index (χ0v) is 9.11. The van der Waals surface area contributed by atoms with E-state index in [1.807, 2.05) is 12.1 Å². The summed E-state index contributed by atoms with van der Waals surface area (Å²) in [4.78, 5) is 10.8. The Balaban J connectivity index is 3.02. The molecule has 0 fully saturated rings. The van der Waals surface area contributed by atoms with E-state index in [1.165, 1.54) is 13.0 Å². The monoisotopic (exact) mass is 206 g/mol. The molecule has 0 unspecified atom stereocenters. The average Bonchev–Trinajstić information content (AvgIpc) is 2.25. The minimum atomic E-state index is 0.00729. The van der Waals surface area contributed by atoms with Crippen LogP contribution in [0.15, 0.2) is 24.3 Å². The van der Waals surface area contributed by atoms with Gasteiger partial charge in [0.05, 0.1) is 14.2 Å². The molecule has 0 N–H and O–H groups in total. The molecule has 0 saturated heterocycles. The van der Waals surface area contributed by atoms with E-state index < -0.39 is 0 Å². The first kappa shape index (κ1) is 11.3. The van der Waals surface area contributed by atoms with Crippen LogP contribution in [0.5, 0.6) is 11.5 Å². The molecule has 0 spiro atoms. The van der Waals surface area contributed by atoms with Crippen molar-refractivity contribution in [2.45, 2.75) is 6.92 Å². The Labute approximate surface area is 89.3 Å². The third-order valence-electron chi connectivity index (χ3n) is 1.94. The maximum atomic E-state index is 10.8. The molecule has 0 amide bonds. The van der Waals surface area contributed by atoms with Crippen molar-refractivity contribution in [3.63, 3.8) is 0 Å². The number of benzene rings is 1. The number of carbonyl (C=O) groups excluding carboxylic acids is 1. The molecular formula is C12H14O3. The highest BCUT2D eigenvalue weighted by atomic mass is 16.5. The molecule has 0 heterocycles. The molecule has 0 aliphatic heterocycles. The smallest absolute Gasteiger partial charge is 0.152 e. The molecule has 3 heteroatoms. The summed E-state index contributed by atoms with van der Waals surface area (Å²) in [6, 6.07) is 5.44. The second-order valence-corrected chi connectivity index (χ2v) is 3.05. The number of hydrogen-bond donors (Lipinski definition) is 0. The van der Waals surface area contributed by atoms with Crippen molar-refractivity contribution in [3.8, 4) is 11.5 Å². The quantitative estimate of drug-likeness (QED) is 0.709. The van der Waals surface area contributed by atoms with Gasteiger partial charge in [-0.25, -0.2) is 0 Å². The Kier molecular flexibility index (Phi) is 3.92. The number of allylic oxidation sites excluding steroid dienone is 1. The standard InChI is InChI=1S/C12H14O3/c1-9(13)4-5-10-6-7-11(14-2)8-12(10)15-3/h4-8H,1-3H3/b5-4-. The molecule has 0 atom stereocenters. The van der Waals surface area contributed by atoms with Gasteiger partial charge < -0.3 is 9.47 Å². The molecule has 0 aromatic heterocycles. The van der Waals surface area contributed by atoms with Gasteiger partial charge in [-0.05, 0) is 31.2 Å². The van der Waals surface area contributed by atoms with Gasteiger partial charge in [-0.15, -0.1) is 0 Å². The van der Waals surface area contributed by atoms with Crippen LogP contribution < -0.4 is 9.47 Å². The summed E-state index contributed by atoms with van der Waals surface area (Å²) in [5.41, 5.74) is 0.855. The van der Waals surface area contributed by atoms with Crippen LogP contribution in [-0.2, 0) is 4.79 Å². The van der Waals surface area contributed by atoms with Crippen LogP contribution in [0.3, 0.4) is 0 Å². The zero-order valence-electron chi connectivity index (χ0n) is 9.11. The second kappa shape index (κ2) is 5.20. The van der Waals surface area contributed by atoms with Crippen molar-refractivity contribution in [1.29, 1.82) is 0 Å². The predicted octanol–water partition coefficient (Wildman–Crippen LogP) is 2.31. The summed E-state index contributed by atoms with van der Waals surface area (Å²) in [6.45, 7) is 1.51. The number of ether oxygens (including phenoxy) is 2. The highest BCUT2D eigenvalue weighted by Gasteiger charge is 2.01. The molecule has 0 bridgehead atoms. The van der Waals surface area contributed by atoms with Crippen LogP contribution in [0.25, 0.3) is 6.08 Å². The second-order valence-electron chi connectivity index (χ2n) is 3.05. The molecule has 1 rings (SSSR count). The van der Waals surface area contributed by atoms with E-state index in [0.29, 0.717) is 5.75 Å². The molecule has 3 nitrogen and oxygen atoms in total. The topological polar surface area (TPSA) is 35.5 Å². The molecule has 15 heavy (non-hydrogen) atoms. The fourth-order valence-electron chi connectivity index (χ4n) is 1.16. The minimum Gasteiger partial charge on any atom is -0.497 e. The lowest BCUT2D eigenvalue weighted by Crippen LogP contribution is -1.90. The van der Waals surface area contributed by atoms with Crippen molar-refractivity contribution in [2.24, 2.45) is 0 Å². The molecule has 1 aromatic carbocycles. The summed E-state index contributed by atoms with van der Waals surface area (Å²) in [6.07, 6.45) is 3.23. The maximum Gasteiger partial charge on any atom is 0.152 e. The van der Waals surface area contributed by atoms with Gasteiger partial charge in [0, 0.05) is 11.6 Å². The van der Waals surface area contributed by atoms with Crippen LogP contribution in [-0.4, -0.2) is 20.0 Å². The number of ketones is 1. The van der Waals surface area contributed by atoms with E-state index in [2.05, 4.69) is 0 Å². The lowest BCUT2D eigenvalue weighted by atomic mass is 10.1. The van der Waals surface area contributed by atoms with Crippen LogP contribution in [0.2, 0.25) is 0 Å². The Hall–Kier alpha value is -1.77. The average molecular weight is 206 g/mol. The van der Waals surface area contributed by atoms with E-state index in [1.54, 1.807) is 26.4 Å². The summed E-state index contributed by atoms with van der Waals surface area (Å²) >= 11 is 0. The van der Waals surface area contributed by atoms with Gasteiger partial charge in [0.2, 0.25) is 0 Å². The SMILES string of the molecule is COc1ccc(/C=C\C(C)=O)c(OC)c1. The Bertz CT molecular complexity index is 380. The third kappa shape index (κ3) is 3.13. The van der Waals surface area contributed by atoms with E-state index in [4.69, 9.17) is 9.47 Å². The summed E-state index contributed by atoms with van der Waals surface area (Å²) in [7, 11) is 3.18. The minimum absolute atomic E-state index is 0.00729. The lowest BCUT2D eigenvalue weighted by molar-refractivity contribution is -0.112. The summed E-state index contributed by atoms with van der Waals surface area (Å²) < 4.78 is 10.2. The maximum absolute atomic E-state index is 10.8. The fraction of sp³-hybridized carbons (Fsp3) is 0.250. The van der Waals surface area contributed by atoms with Crippen molar-refractivity contribution < 1.29 is 14.3 Å². The number of carbonyl (C=O) groups is 1. The Morgan fingerprint density at radius 2 is 2.00 bits per heavy atom. The number of methoxy groups -OCH3 is 2. The lowest BCUT2D eigenvalue weighted by Gasteiger charge is -2.06. The van der Waals surface area contributed by atoms with Crippen LogP contribution in [0.4, 0.5) is 0 Å². The molecule has 0 radical (unpaired) electrons. The van der Waals surface area contributed by atoms with Gasteiger partial charge in [0.1, 0.15) is 11.5 Å². The summed E-state index contributed by atoms with van der Waals surface area (Å²) in [5, 5.41) is 0. The molecule has 0 aliphatic carbocycles. The normalized spacial score (nSPS) is 10.3. The largest absolute Gasteiger partial charge is 0.497 e. The van der Waals surface area contributed by atoms with Crippen molar-refractivity contribution in [2.75, 3.05) is 14.2 Å². The number of hydrogen-bond acceptors (Lipinski definition) is 3. The Morgan fingerprint density at radius 1 is 1.27 bits per heavy atom. The van der Waals surface area contributed by atoms with E-state index >= 15 is 0 Å². The molecular weight excluding hydrogens is 192 g/mol. The van der Waals surface area contributed by atoms with Gasteiger partial charge in [-0.2, -0.15) is 0 Å². The van der Waals surface area contributed by atoms with Gasteiger partial charge in [0.15, 0.2) is 5.78 Å². The van der Waals surface area contributed by atoms with E-state index in [0.717, 1.165) is 11.3 Å². The molecule has 80 valence electrons. The first-order valence-corrected chi connectivity index (χ1v) is 4.58. The first-order valence-electron chi connectivity index (χ1n) is 4.58. The highest BCUT2D eigenvalue weighted by Crippen LogP contribution is 2.25. The van der Waals surface area contributed by atoms with Crippen LogP contribution >= 0.6 is 0 Å². The van der Waals surface area contributed by atoms with Gasteiger partial charge in [-0.3, -0.25) is 4.79 Å². The Morgan fingerprint density at radius 3 is 2.53 bits per heavy atom. The van der Waals surface area contributed by atoms with Gasteiger partial charge in [0.25, 0.3) is 0 Å². The van der Waals surface area contributed by atoms with E-state index in [-0.39, 0.29) is 5.78 Å². The zero-order chi connectivity index (χ0) is 11.3. The molecule has 0 aliphatic rings. The molecule has 0 saturated carbocycles. The van der Waals surface area contributed by atoms with Crippen molar-refractivity contribution in [1.82, 2.24) is 0 Å². The fourth-order valence-corrected chi connectivity index (χ4v) is 1.16. The van der Waals surface area contributed by atoms with Crippen LogP contribution in [0, 0.1) is 0 Å². The third-order valence-corrected chi connectivity index (χ3v) is 1.94. The van der Waals surface area contributed by atoms with Crippen molar-refractivity contribution >= 4 is 11.9 Å². The van der Waals surface area contributed by atoms with Crippen molar-refractivity contribution in [3.05, 3.63) is 29.8 Å². The highest BCUT2D eigenvalue weighted by molar-refractivity contribution is 5.91. The summed E-state index contributed by atoms with van der Waals surface area (Å²) in [5.74, 6) is 1.42. The first-order chi connectivity index (χ1) is 7.17. The van der Waals surface area contributed by atoms with Gasteiger partial charge in [-0.1, -0.05) is 0 Å². The predicted molar refractivity (Wildman–Crippen MR) is 59.3 cm³/mol. The van der Waals surface area contributed by atoms with E-state index in [9.17, 15) is 4.79 Å².